The average molecular weight is 212 g/mol. The van der Waals surface area contributed by atoms with Gasteiger partial charge in [0.15, 0.2) is 5.06 Å². The number of thiol groups is 1. The van der Waals surface area contributed by atoms with Crippen LogP contribution in [-0.4, -0.2) is 10.2 Å². The van der Waals surface area contributed by atoms with Gasteiger partial charge < -0.3 is 10.2 Å². The number of benzene rings is 1. The third-order valence-electron chi connectivity index (χ3n) is 1.89. The molecular formula is C9H8O2S2. The van der Waals surface area contributed by atoms with Crippen LogP contribution in [0.2, 0.25) is 0 Å². The van der Waals surface area contributed by atoms with Gasteiger partial charge in [0.25, 0.3) is 0 Å². The molecule has 0 aliphatic carbocycles. The van der Waals surface area contributed by atoms with Gasteiger partial charge in [-0.05, 0) is 17.7 Å². The first-order valence-corrected chi connectivity index (χ1v) is 5.03. The van der Waals surface area contributed by atoms with Crippen molar-refractivity contribution in [3.63, 3.8) is 0 Å². The van der Waals surface area contributed by atoms with E-state index in [2.05, 4.69) is 12.6 Å². The Balaban J connectivity index is 2.75. The number of aromatic hydroxyl groups is 1. The van der Waals surface area contributed by atoms with Crippen LogP contribution in [0.5, 0.6) is 5.06 Å². The zero-order chi connectivity index (χ0) is 9.42. The zero-order valence-corrected chi connectivity index (χ0v) is 8.40. The van der Waals surface area contributed by atoms with E-state index in [4.69, 9.17) is 5.11 Å². The molecule has 0 atom stereocenters. The molecule has 0 aliphatic heterocycles. The third-order valence-corrected chi connectivity index (χ3v) is 3.47. The predicted octanol–water partition coefficient (Wildman–Crippen LogP) is 2.39. The monoisotopic (exact) mass is 212 g/mol. The quantitative estimate of drug-likeness (QED) is 0.635. The van der Waals surface area contributed by atoms with Crippen molar-refractivity contribution in [2.45, 2.75) is 11.5 Å². The van der Waals surface area contributed by atoms with Gasteiger partial charge in [-0.25, -0.2) is 0 Å². The topological polar surface area (TPSA) is 40.5 Å². The van der Waals surface area contributed by atoms with Crippen LogP contribution >= 0.6 is 24.0 Å². The smallest absolute Gasteiger partial charge is 0.186 e. The normalized spacial score (nSPS) is 10.9. The summed E-state index contributed by atoms with van der Waals surface area (Å²) in [7, 11) is 0. The van der Waals surface area contributed by atoms with E-state index in [-0.39, 0.29) is 11.7 Å². The molecule has 1 aromatic heterocycles. The van der Waals surface area contributed by atoms with Crippen LogP contribution in [-0.2, 0) is 6.61 Å². The van der Waals surface area contributed by atoms with E-state index in [0.29, 0.717) is 4.90 Å². The summed E-state index contributed by atoms with van der Waals surface area (Å²) >= 11 is 5.48. The molecule has 0 saturated carbocycles. The van der Waals surface area contributed by atoms with Gasteiger partial charge in [-0.2, -0.15) is 0 Å². The van der Waals surface area contributed by atoms with Crippen LogP contribution in [0.1, 0.15) is 5.56 Å². The minimum absolute atomic E-state index is 0.0137. The van der Waals surface area contributed by atoms with E-state index in [0.717, 1.165) is 15.6 Å². The SMILES string of the molecule is OCc1ccc2sc(O)c(S)c2c1. The molecule has 0 aliphatic rings. The number of aliphatic hydroxyl groups excluding tert-OH is 1. The second-order valence-electron chi connectivity index (χ2n) is 2.74. The molecule has 2 aromatic rings. The van der Waals surface area contributed by atoms with Crippen LogP contribution in [0.4, 0.5) is 0 Å². The highest BCUT2D eigenvalue weighted by Crippen LogP contribution is 2.39. The van der Waals surface area contributed by atoms with Gasteiger partial charge >= 0.3 is 0 Å². The van der Waals surface area contributed by atoms with E-state index < -0.39 is 0 Å². The molecule has 2 nitrogen and oxygen atoms in total. The highest BCUT2D eigenvalue weighted by Gasteiger charge is 2.07. The van der Waals surface area contributed by atoms with Crippen molar-refractivity contribution < 1.29 is 10.2 Å². The van der Waals surface area contributed by atoms with Gasteiger partial charge in [-0.15, -0.1) is 12.6 Å². The minimum Gasteiger partial charge on any atom is -0.499 e. The van der Waals surface area contributed by atoms with Crippen molar-refractivity contribution in [2.75, 3.05) is 0 Å². The molecule has 2 rings (SSSR count). The summed E-state index contributed by atoms with van der Waals surface area (Å²) in [5, 5.41) is 19.4. The van der Waals surface area contributed by atoms with Crippen molar-refractivity contribution in [2.24, 2.45) is 0 Å². The van der Waals surface area contributed by atoms with Gasteiger partial charge in [-0.1, -0.05) is 17.4 Å². The van der Waals surface area contributed by atoms with Crippen LogP contribution in [0, 0.1) is 0 Å². The number of hydrogen-bond acceptors (Lipinski definition) is 4. The first-order chi connectivity index (χ1) is 6.22. The molecule has 0 radical (unpaired) electrons. The van der Waals surface area contributed by atoms with Crippen LogP contribution in [0.25, 0.3) is 10.1 Å². The Morgan fingerprint density at radius 2 is 2.15 bits per heavy atom. The maximum atomic E-state index is 9.39. The van der Waals surface area contributed by atoms with Gasteiger partial charge in [0.05, 0.1) is 11.5 Å². The Bertz CT molecular complexity index is 448. The highest BCUT2D eigenvalue weighted by atomic mass is 32.1. The van der Waals surface area contributed by atoms with Crippen LogP contribution in [0.15, 0.2) is 23.1 Å². The van der Waals surface area contributed by atoms with Crippen molar-refractivity contribution in [3.05, 3.63) is 23.8 Å². The lowest BCUT2D eigenvalue weighted by atomic mass is 10.2. The lowest BCUT2D eigenvalue weighted by Gasteiger charge is -1.95. The predicted molar refractivity (Wildman–Crippen MR) is 56.7 cm³/mol. The summed E-state index contributed by atoms with van der Waals surface area (Å²) < 4.78 is 0.986. The fraction of sp³-hybridized carbons (Fsp3) is 0.111. The standard InChI is InChI=1S/C9H8O2S2/c10-4-5-1-2-7-6(3-5)8(12)9(11)13-7/h1-3,10-12H,4H2. The van der Waals surface area contributed by atoms with Crippen molar-refractivity contribution in [1.82, 2.24) is 0 Å². The van der Waals surface area contributed by atoms with E-state index >= 15 is 0 Å². The minimum atomic E-state index is 0.0137. The van der Waals surface area contributed by atoms with Gasteiger partial charge in [0, 0.05) is 10.1 Å². The summed E-state index contributed by atoms with van der Waals surface area (Å²) in [6, 6.07) is 5.56. The van der Waals surface area contributed by atoms with Crippen LogP contribution in [0.3, 0.4) is 0 Å². The number of rotatable bonds is 1. The summed E-state index contributed by atoms with van der Waals surface area (Å²) in [4.78, 5) is 0.593. The Hall–Kier alpha value is -0.710. The molecule has 68 valence electrons. The Morgan fingerprint density at radius 1 is 1.38 bits per heavy atom. The second-order valence-corrected chi connectivity index (χ2v) is 4.22. The fourth-order valence-electron chi connectivity index (χ4n) is 1.22. The highest BCUT2D eigenvalue weighted by molar-refractivity contribution is 7.81. The Morgan fingerprint density at radius 3 is 2.85 bits per heavy atom. The first kappa shape index (κ1) is 8.87. The largest absolute Gasteiger partial charge is 0.499 e. The molecular weight excluding hydrogens is 204 g/mol. The van der Waals surface area contributed by atoms with Crippen molar-refractivity contribution >= 4 is 34.1 Å². The summed E-state index contributed by atoms with van der Waals surface area (Å²) in [5.41, 5.74) is 0.834. The lowest BCUT2D eigenvalue weighted by molar-refractivity contribution is 0.282. The lowest BCUT2D eigenvalue weighted by Crippen LogP contribution is -1.80. The van der Waals surface area contributed by atoms with Crippen LogP contribution < -0.4 is 0 Å². The van der Waals surface area contributed by atoms with Crippen molar-refractivity contribution in [1.29, 1.82) is 0 Å². The van der Waals surface area contributed by atoms with Gasteiger partial charge in [0.2, 0.25) is 0 Å². The third kappa shape index (κ3) is 1.41. The molecule has 1 heterocycles. The molecule has 0 bridgehead atoms. The maximum absolute atomic E-state index is 9.39. The van der Waals surface area contributed by atoms with E-state index in [1.165, 1.54) is 11.3 Å². The number of thiophene rings is 1. The summed E-state index contributed by atoms with van der Waals surface area (Å²) in [6.45, 7) is 0.0137. The molecule has 2 N–H and O–H groups in total. The molecule has 0 spiro atoms. The molecule has 0 unspecified atom stereocenters. The molecule has 0 fully saturated rings. The van der Waals surface area contributed by atoms with E-state index in [1.54, 1.807) is 0 Å². The maximum Gasteiger partial charge on any atom is 0.186 e. The molecule has 0 saturated heterocycles. The zero-order valence-electron chi connectivity index (χ0n) is 6.69. The Kier molecular flexibility index (Phi) is 2.19. The fourth-order valence-corrected chi connectivity index (χ4v) is 2.44. The first-order valence-electron chi connectivity index (χ1n) is 3.76. The number of aliphatic hydroxyl groups is 1. The van der Waals surface area contributed by atoms with Gasteiger partial charge in [-0.3, -0.25) is 0 Å². The molecule has 0 amide bonds. The molecule has 13 heavy (non-hydrogen) atoms. The second kappa shape index (κ2) is 3.21. The van der Waals surface area contributed by atoms with Crippen molar-refractivity contribution in [3.8, 4) is 5.06 Å². The summed E-state index contributed by atoms with van der Waals surface area (Å²) in [6.07, 6.45) is 0. The molecule has 1 aromatic carbocycles. The summed E-state index contributed by atoms with van der Waals surface area (Å²) in [5.74, 6) is 0. The number of fused-ring (bicyclic) bond motifs is 1. The van der Waals surface area contributed by atoms with E-state index in [9.17, 15) is 5.11 Å². The Labute approximate surface area is 84.9 Å². The molecule has 4 heteroatoms. The average Bonchev–Trinajstić information content (AvgIpc) is 2.43. The van der Waals surface area contributed by atoms with E-state index in [1.807, 2.05) is 18.2 Å². The number of hydrogen-bond donors (Lipinski definition) is 3. The van der Waals surface area contributed by atoms with Gasteiger partial charge in [0.1, 0.15) is 0 Å².